The Kier molecular flexibility index (Phi) is 6.75. The van der Waals surface area contributed by atoms with Crippen molar-refractivity contribution in [2.24, 2.45) is 5.92 Å². The molecule has 1 spiro atoms. The van der Waals surface area contributed by atoms with Crippen molar-refractivity contribution >= 4 is 35.0 Å². The van der Waals surface area contributed by atoms with Gasteiger partial charge in [0.15, 0.2) is 0 Å². The average Bonchev–Trinajstić information content (AvgIpc) is 3.39. The summed E-state index contributed by atoms with van der Waals surface area (Å²) in [4.78, 5) is 43.2. The number of halogens is 1. The fourth-order valence-electron chi connectivity index (χ4n) is 5.13. The fraction of sp³-hybridized carbons (Fsp3) is 0.370. The van der Waals surface area contributed by atoms with Gasteiger partial charge in [-0.25, -0.2) is 0 Å². The van der Waals surface area contributed by atoms with Crippen molar-refractivity contribution < 1.29 is 14.4 Å². The second-order valence-corrected chi connectivity index (χ2v) is 10.2. The molecule has 4 rings (SSSR count). The van der Waals surface area contributed by atoms with E-state index in [0.717, 1.165) is 5.56 Å². The summed E-state index contributed by atoms with van der Waals surface area (Å²) in [5.41, 5.74) is 0.972. The summed E-state index contributed by atoms with van der Waals surface area (Å²) in [5.74, 6) is -0.950. The number of likely N-dealkylation sites (tertiary alicyclic amines) is 1. The molecule has 2 heterocycles. The van der Waals surface area contributed by atoms with Crippen molar-refractivity contribution in [3.63, 3.8) is 0 Å². The third-order valence-corrected chi connectivity index (χ3v) is 7.33. The SMILES string of the molecule is CC(C)C[C@@H](C(=O)N1C[C@]2(C[C@H]1C#N)C(=O)Nc1ccccc12)N(C)C(=O)c1ccc(C#N)c(Cl)c1. The summed E-state index contributed by atoms with van der Waals surface area (Å²) in [6.45, 7) is 3.96. The maximum absolute atomic E-state index is 13.9. The number of amides is 3. The minimum atomic E-state index is -1.00. The predicted octanol–water partition coefficient (Wildman–Crippen LogP) is 3.71. The highest BCUT2D eigenvalue weighted by Crippen LogP contribution is 2.46. The molecule has 0 aliphatic carbocycles. The number of carbonyl (C=O) groups is 3. The van der Waals surface area contributed by atoms with E-state index in [9.17, 15) is 19.6 Å². The molecular formula is C27H26ClN5O3. The summed E-state index contributed by atoms with van der Waals surface area (Å²) in [5, 5.41) is 22.1. The Bertz CT molecular complexity index is 1330. The zero-order valence-corrected chi connectivity index (χ0v) is 21.0. The van der Waals surface area contributed by atoms with Crippen molar-refractivity contribution in [2.75, 3.05) is 18.9 Å². The quantitative estimate of drug-likeness (QED) is 0.667. The average molecular weight is 504 g/mol. The van der Waals surface area contributed by atoms with Crippen LogP contribution in [0.15, 0.2) is 42.5 Å². The van der Waals surface area contributed by atoms with Gasteiger partial charge in [0.1, 0.15) is 18.2 Å². The molecule has 3 atom stereocenters. The molecule has 2 aliphatic rings. The Morgan fingerprint density at radius 1 is 1.25 bits per heavy atom. The Balaban J connectivity index is 1.65. The molecule has 2 aromatic carbocycles. The molecule has 0 aromatic heterocycles. The van der Waals surface area contributed by atoms with E-state index in [-0.39, 0.29) is 46.8 Å². The van der Waals surface area contributed by atoms with Gasteiger partial charge in [-0.1, -0.05) is 43.6 Å². The molecule has 0 saturated carbocycles. The number of nitrogens with one attached hydrogen (secondary N) is 1. The van der Waals surface area contributed by atoms with Crippen LogP contribution in [0.5, 0.6) is 0 Å². The van der Waals surface area contributed by atoms with Crippen LogP contribution in [0.2, 0.25) is 5.02 Å². The normalized spacial score (nSPS) is 21.0. The van der Waals surface area contributed by atoms with Crippen LogP contribution in [0.1, 0.15) is 48.2 Å². The molecule has 184 valence electrons. The second kappa shape index (κ2) is 9.64. The van der Waals surface area contributed by atoms with Crippen LogP contribution in [-0.2, 0) is 15.0 Å². The highest BCUT2D eigenvalue weighted by atomic mass is 35.5. The number of nitriles is 2. The first-order valence-corrected chi connectivity index (χ1v) is 12.1. The van der Waals surface area contributed by atoms with Gasteiger partial charge in [0.25, 0.3) is 5.91 Å². The van der Waals surface area contributed by atoms with Gasteiger partial charge in [0.05, 0.1) is 22.1 Å². The number of fused-ring (bicyclic) bond motifs is 2. The number of hydrogen-bond donors (Lipinski definition) is 1. The summed E-state index contributed by atoms with van der Waals surface area (Å²) in [7, 11) is 1.55. The Labute approximate surface area is 215 Å². The summed E-state index contributed by atoms with van der Waals surface area (Å²) < 4.78 is 0. The van der Waals surface area contributed by atoms with E-state index in [2.05, 4.69) is 11.4 Å². The lowest BCUT2D eigenvalue weighted by atomic mass is 9.80. The molecule has 2 aliphatic heterocycles. The first-order valence-electron chi connectivity index (χ1n) is 11.7. The van der Waals surface area contributed by atoms with Gasteiger partial charge in [-0.05, 0) is 42.2 Å². The van der Waals surface area contributed by atoms with Crippen molar-refractivity contribution in [3.8, 4) is 12.1 Å². The number of rotatable bonds is 5. The van der Waals surface area contributed by atoms with E-state index in [1.54, 1.807) is 7.05 Å². The molecule has 3 amide bonds. The monoisotopic (exact) mass is 503 g/mol. The third kappa shape index (κ3) is 4.19. The maximum atomic E-state index is 13.9. The molecule has 1 fully saturated rings. The molecule has 0 radical (unpaired) electrons. The lowest BCUT2D eigenvalue weighted by molar-refractivity contribution is -0.136. The van der Waals surface area contributed by atoms with E-state index < -0.39 is 23.4 Å². The topological polar surface area (TPSA) is 117 Å². The number of nitrogens with zero attached hydrogens (tertiary/aromatic N) is 4. The first-order chi connectivity index (χ1) is 17.1. The van der Waals surface area contributed by atoms with E-state index in [4.69, 9.17) is 16.9 Å². The molecular weight excluding hydrogens is 478 g/mol. The molecule has 0 unspecified atom stereocenters. The smallest absolute Gasteiger partial charge is 0.254 e. The molecule has 1 N–H and O–H groups in total. The highest BCUT2D eigenvalue weighted by molar-refractivity contribution is 6.32. The number of hydrogen-bond acceptors (Lipinski definition) is 5. The molecule has 1 saturated heterocycles. The van der Waals surface area contributed by atoms with Gasteiger partial charge in [0, 0.05) is 31.3 Å². The molecule has 2 aromatic rings. The Morgan fingerprint density at radius 3 is 2.61 bits per heavy atom. The van der Waals surface area contributed by atoms with E-state index in [1.807, 2.05) is 44.2 Å². The summed E-state index contributed by atoms with van der Waals surface area (Å²) in [6, 6.07) is 14.2. The minimum Gasteiger partial charge on any atom is -0.330 e. The van der Waals surface area contributed by atoms with Gasteiger partial charge in [-0.2, -0.15) is 10.5 Å². The zero-order valence-electron chi connectivity index (χ0n) is 20.3. The van der Waals surface area contributed by atoms with Crippen LogP contribution in [0, 0.1) is 28.6 Å². The standard InChI is InChI=1S/C27H26ClN5O3/c1-16(2)10-23(32(3)24(34)17-8-9-18(13-29)21(28)11-17)25(35)33-15-27(12-19(33)14-30)20-6-4-5-7-22(20)31-26(27)36/h4-9,11,16,19,23H,10,12,15H2,1-3H3,(H,31,36)/t19-,23-,27-/m0/s1. The summed E-state index contributed by atoms with van der Waals surface area (Å²) in [6.07, 6.45) is 0.560. The van der Waals surface area contributed by atoms with Gasteiger partial charge >= 0.3 is 0 Å². The number of benzene rings is 2. The van der Waals surface area contributed by atoms with Crippen LogP contribution in [0.25, 0.3) is 0 Å². The van der Waals surface area contributed by atoms with Crippen LogP contribution >= 0.6 is 11.6 Å². The van der Waals surface area contributed by atoms with Gasteiger partial charge in [-0.15, -0.1) is 0 Å². The zero-order chi connectivity index (χ0) is 26.2. The van der Waals surface area contributed by atoms with Crippen LogP contribution < -0.4 is 5.32 Å². The third-order valence-electron chi connectivity index (χ3n) is 7.02. The van der Waals surface area contributed by atoms with E-state index in [1.165, 1.54) is 28.0 Å². The van der Waals surface area contributed by atoms with Gasteiger partial charge in [-0.3, -0.25) is 14.4 Å². The second-order valence-electron chi connectivity index (χ2n) is 9.76. The van der Waals surface area contributed by atoms with Crippen molar-refractivity contribution in [1.29, 1.82) is 10.5 Å². The summed E-state index contributed by atoms with van der Waals surface area (Å²) >= 11 is 6.13. The predicted molar refractivity (Wildman–Crippen MR) is 134 cm³/mol. The van der Waals surface area contributed by atoms with Crippen LogP contribution in [0.4, 0.5) is 5.69 Å². The van der Waals surface area contributed by atoms with Gasteiger partial charge < -0.3 is 15.1 Å². The van der Waals surface area contributed by atoms with Crippen LogP contribution in [-0.4, -0.2) is 53.2 Å². The number of likely N-dealkylation sites (N-methyl/N-ethyl adjacent to an activating group) is 1. The highest BCUT2D eigenvalue weighted by Gasteiger charge is 2.56. The lowest BCUT2D eigenvalue weighted by Crippen LogP contribution is -2.52. The number of para-hydroxylation sites is 1. The molecule has 9 heteroatoms. The van der Waals surface area contributed by atoms with Crippen molar-refractivity contribution in [2.45, 2.75) is 44.2 Å². The fourth-order valence-corrected chi connectivity index (χ4v) is 5.36. The number of anilines is 1. The van der Waals surface area contributed by atoms with Crippen molar-refractivity contribution in [3.05, 3.63) is 64.2 Å². The maximum Gasteiger partial charge on any atom is 0.254 e. The lowest BCUT2D eigenvalue weighted by Gasteiger charge is -2.33. The Hall–Kier alpha value is -3.88. The number of carbonyl (C=O) groups excluding carboxylic acids is 3. The first kappa shape index (κ1) is 25.2. The van der Waals surface area contributed by atoms with Gasteiger partial charge in [0.2, 0.25) is 11.8 Å². The largest absolute Gasteiger partial charge is 0.330 e. The van der Waals surface area contributed by atoms with E-state index in [0.29, 0.717) is 12.1 Å². The van der Waals surface area contributed by atoms with Crippen LogP contribution in [0.3, 0.4) is 0 Å². The van der Waals surface area contributed by atoms with Crippen molar-refractivity contribution in [1.82, 2.24) is 9.80 Å². The molecule has 0 bridgehead atoms. The Morgan fingerprint density at radius 2 is 1.97 bits per heavy atom. The molecule has 8 nitrogen and oxygen atoms in total. The molecule has 36 heavy (non-hydrogen) atoms. The van der Waals surface area contributed by atoms with E-state index >= 15 is 0 Å². The minimum absolute atomic E-state index is 0.0617.